The Morgan fingerprint density at radius 1 is 1.33 bits per heavy atom. The average molecular weight is 269 g/mol. The minimum Gasteiger partial charge on any atom is -0.353 e. The SMILES string of the molecule is CCCn1cc(CNCc2cccn2C)cn1.Cl. The highest BCUT2D eigenvalue weighted by molar-refractivity contribution is 5.85. The van der Waals surface area contributed by atoms with Crippen molar-refractivity contribution in [1.29, 1.82) is 0 Å². The lowest BCUT2D eigenvalue weighted by atomic mass is 10.3. The molecule has 18 heavy (non-hydrogen) atoms. The molecular formula is C13H21ClN4. The summed E-state index contributed by atoms with van der Waals surface area (Å²) in [5.74, 6) is 0. The van der Waals surface area contributed by atoms with E-state index in [9.17, 15) is 0 Å². The first-order chi connectivity index (χ1) is 8.29. The molecule has 0 radical (unpaired) electrons. The van der Waals surface area contributed by atoms with Crippen LogP contribution in [0.25, 0.3) is 0 Å². The zero-order chi connectivity index (χ0) is 12.1. The number of rotatable bonds is 6. The Morgan fingerprint density at radius 3 is 2.83 bits per heavy atom. The third-order valence-corrected chi connectivity index (χ3v) is 2.83. The molecule has 4 nitrogen and oxygen atoms in total. The topological polar surface area (TPSA) is 34.8 Å². The van der Waals surface area contributed by atoms with Crippen LogP contribution in [0.1, 0.15) is 24.6 Å². The number of hydrogen-bond donors (Lipinski definition) is 1. The third kappa shape index (κ3) is 3.89. The predicted molar refractivity (Wildman–Crippen MR) is 75.7 cm³/mol. The van der Waals surface area contributed by atoms with E-state index in [4.69, 9.17) is 0 Å². The first kappa shape index (κ1) is 14.8. The lowest BCUT2D eigenvalue weighted by molar-refractivity contribution is 0.600. The fraction of sp³-hybridized carbons (Fsp3) is 0.462. The van der Waals surface area contributed by atoms with Crippen molar-refractivity contribution in [2.24, 2.45) is 7.05 Å². The van der Waals surface area contributed by atoms with E-state index in [-0.39, 0.29) is 12.4 Å². The van der Waals surface area contributed by atoms with E-state index in [1.807, 2.05) is 10.9 Å². The quantitative estimate of drug-likeness (QED) is 0.873. The maximum absolute atomic E-state index is 4.31. The minimum atomic E-state index is 0. The molecule has 2 rings (SSSR count). The van der Waals surface area contributed by atoms with Gasteiger partial charge in [0.05, 0.1) is 6.20 Å². The highest BCUT2D eigenvalue weighted by Crippen LogP contribution is 2.01. The van der Waals surface area contributed by atoms with Crippen molar-refractivity contribution in [2.45, 2.75) is 33.0 Å². The number of aromatic nitrogens is 3. The predicted octanol–water partition coefficient (Wildman–Crippen LogP) is 2.34. The number of halogens is 1. The molecule has 0 unspecified atom stereocenters. The Kier molecular flexibility index (Phi) is 5.95. The van der Waals surface area contributed by atoms with Gasteiger partial charge in [0.15, 0.2) is 0 Å². The molecule has 5 heteroatoms. The number of hydrogen-bond acceptors (Lipinski definition) is 2. The molecule has 0 amide bonds. The Bertz CT molecular complexity index is 461. The summed E-state index contributed by atoms with van der Waals surface area (Å²) in [5.41, 5.74) is 2.54. The molecule has 0 aromatic carbocycles. The first-order valence-electron chi connectivity index (χ1n) is 6.12. The van der Waals surface area contributed by atoms with Crippen molar-refractivity contribution in [1.82, 2.24) is 19.7 Å². The monoisotopic (exact) mass is 268 g/mol. The van der Waals surface area contributed by atoms with Gasteiger partial charge in [0, 0.05) is 50.3 Å². The Balaban J connectivity index is 0.00000162. The maximum atomic E-state index is 4.31. The molecule has 2 aromatic rings. The van der Waals surface area contributed by atoms with E-state index in [0.717, 1.165) is 26.1 Å². The molecule has 0 saturated heterocycles. The van der Waals surface area contributed by atoms with Crippen LogP contribution < -0.4 is 5.32 Å². The minimum absolute atomic E-state index is 0. The zero-order valence-corrected chi connectivity index (χ0v) is 11.8. The van der Waals surface area contributed by atoms with Crippen molar-refractivity contribution in [2.75, 3.05) is 0 Å². The van der Waals surface area contributed by atoms with E-state index in [1.54, 1.807) is 0 Å². The maximum Gasteiger partial charge on any atom is 0.0534 e. The van der Waals surface area contributed by atoms with Gasteiger partial charge in [-0.1, -0.05) is 6.92 Å². The fourth-order valence-electron chi connectivity index (χ4n) is 1.86. The molecule has 2 heterocycles. The highest BCUT2D eigenvalue weighted by atomic mass is 35.5. The second kappa shape index (κ2) is 7.24. The van der Waals surface area contributed by atoms with E-state index < -0.39 is 0 Å². The second-order valence-corrected chi connectivity index (χ2v) is 4.33. The van der Waals surface area contributed by atoms with Gasteiger partial charge in [-0.25, -0.2) is 0 Å². The molecule has 2 aromatic heterocycles. The summed E-state index contributed by atoms with van der Waals surface area (Å²) in [6.45, 7) is 4.92. The van der Waals surface area contributed by atoms with Gasteiger partial charge in [0.2, 0.25) is 0 Å². The molecule has 0 atom stereocenters. The fourth-order valence-corrected chi connectivity index (χ4v) is 1.86. The summed E-state index contributed by atoms with van der Waals surface area (Å²) in [4.78, 5) is 0. The van der Waals surface area contributed by atoms with Gasteiger partial charge in [-0.05, 0) is 18.6 Å². The molecule has 1 N–H and O–H groups in total. The zero-order valence-electron chi connectivity index (χ0n) is 11.0. The normalized spacial score (nSPS) is 10.3. The van der Waals surface area contributed by atoms with Gasteiger partial charge < -0.3 is 9.88 Å². The highest BCUT2D eigenvalue weighted by Gasteiger charge is 1.99. The molecule has 0 aliphatic rings. The summed E-state index contributed by atoms with van der Waals surface area (Å²) >= 11 is 0. The summed E-state index contributed by atoms with van der Waals surface area (Å²) in [6.07, 6.45) is 7.24. The van der Waals surface area contributed by atoms with Crippen LogP contribution in [0.15, 0.2) is 30.7 Å². The molecule has 0 saturated carbocycles. The van der Waals surface area contributed by atoms with Crippen LogP contribution in [0, 0.1) is 0 Å². The van der Waals surface area contributed by atoms with Crippen molar-refractivity contribution < 1.29 is 0 Å². The van der Waals surface area contributed by atoms with Gasteiger partial charge in [0.1, 0.15) is 0 Å². The van der Waals surface area contributed by atoms with Crippen LogP contribution >= 0.6 is 12.4 Å². The van der Waals surface area contributed by atoms with Crippen molar-refractivity contribution >= 4 is 12.4 Å². The summed E-state index contributed by atoms with van der Waals surface area (Å²) in [6, 6.07) is 4.20. The van der Waals surface area contributed by atoms with Gasteiger partial charge >= 0.3 is 0 Å². The van der Waals surface area contributed by atoms with E-state index >= 15 is 0 Å². The van der Waals surface area contributed by atoms with Gasteiger partial charge in [-0.3, -0.25) is 4.68 Å². The van der Waals surface area contributed by atoms with Crippen LogP contribution in [0.4, 0.5) is 0 Å². The number of nitrogens with zero attached hydrogens (tertiary/aromatic N) is 3. The van der Waals surface area contributed by atoms with Crippen LogP contribution in [0.2, 0.25) is 0 Å². The molecular weight excluding hydrogens is 248 g/mol. The van der Waals surface area contributed by atoms with Crippen molar-refractivity contribution in [3.8, 4) is 0 Å². The average Bonchev–Trinajstić information content (AvgIpc) is 2.90. The van der Waals surface area contributed by atoms with Crippen molar-refractivity contribution in [3.05, 3.63) is 42.0 Å². The smallest absolute Gasteiger partial charge is 0.0534 e. The molecule has 0 aliphatic carbocycles. The van der Waals surface area contributed by atoms with Crippen LogP contribution in [0.5, 0.6) is 0 Å². The largest absolute Gasteiger partial charge is 0.353 e. The van der Waals surface area contributed by atoms with Gasteiger partial charge in [-0.15, -0.1) is 12.4 Å². The summed E-state index contributed by atoms with van der Waals surface area (Å²) in [5, 5.41) is 7.74. The third-order valence-electron chi connectivity index (χ3n) is 2.83. The summed E-state index contributed by atoms with van der Waals surface area (Å²) in [7, 11) is 2.07. The molecule has 0 spiro atoms. The molecule has 0 fully saturated rings. The Morgan fingerprint density at radius 2 is 2.17 bits per heavy atom. The van der Waals surface area contributed by atoms with E-state index in [1.165, 1.54) is 11.3 Å². The first-order valence-corrected chi connectivity index (χ1v) is 6.12. The Labute approximate surface area is 114 Å². The lowest BCUT2D eigenvalue weighted by Crippen LogP contribution is -2.14. The lowest BCUT2D eigenvalue weighted by Gasteiger charge is -2.04. The molecule has 0 bridgehead atoms. The molecule has 100 valence electrons. The van der Waals surface area contributed by atoms with Crippen LogP contribution in [-0.2, 0) is 26.7 Å². The van der Waals surface area contributed by atoms with Crippen LogP contribution in [0.3, 0.4) is 0 Å². The molecule has 0 aliphatic heterocycles. The van der Waals surface area contributed by atoms with Crippen LogP contribution in [-0.4, -0.2) is 14.3 Å². The van der Waals surface area contributed by atoms with E-state index in [2.05, 4.69) is 53.5 Å². The van der Waals surface area contributed by atoms with Gasteiger partial charge in [-0.2, -0.15) is 5.10 Å². The number of aryl methyl sites for hydroxylation is 2. The standard InChI is InChI=1S/C13H20N4.ClH/c1-3-6-17-11-12(9-15-17)8-14-10-13-5-4-7-16(13)2;/h4-5,7,9,11,14H,3,6,8,10H2,1-2H3;1H. The van der Waals surface area contributed by atoms with Crippen molar-refractivity contribution in [3.63, 3.8) is 0 Å². The van der Waals surface area contributed by atoms with Gasteiger partial charge in [0.25, 0.3) is 0 Å². The second-order valence-electron chi connectivity index (χ2n) is 4.33. The van der Waals surface area contributed by atoms with E-state index in [0.29, 0.717) is 0 Å². The summed E-state index contributed by atoms with van der Waals surface area (Å²) < 4.78 is 4.13. The Hall–Kier alpha value is -1.26. The number of nitrogens with one attached hydrogen (secondary N) is 1.